The van der Waals surface area contributed by atoms with Gasteiger partial charge in [0.1, 0.15) is 5.82 Å². The summed E-state index contributed by atoms with van der Waals surface area (Å²) in [5.74, 6) is -0.226. The Labute approximate surface area is 77.3 Å². The van der Waals surface area contributed by atoms with E-state index in [1.54, 1.807) is 13.0 Å². The number of halogens is 2. The molecule has 0 N–H and O–H groups in total. The van der Waals surface area contributed by atoms with Gasteiger partial charge in [-0.1, -0.05) is 6.07 Å². The minimum Gasteiger partial charge on any atom is -0.206 e. The third kappa shape index (κ3) is 0.948. The van der Waals surface area contributed by atoms with Gasteiger partial charge < -0.3 is 0 Å². The second kappa shape index (κ2) is 2.55. The molecule has 0 spiro atoms. The van der Waals surface area contributed by atoms with Crippen molar-refractivity contribution in [2.24, 2.45) is 0 Å². The summed E-state index contributed by atoms with van der Waals surface area (Å²) in [7, 11) is 0. The van der Waals surface area contributed by atoms with E-state index in [0.717, 1.165) is 5.52 Å². The summed E-state index contributed by atoms with van der Waals surface area (Å²) in [4.78, 5) is 0. The lowest BCUT2D eigenvalue weighted by molar-refractivity contribution is 0.639. The molecular weight excluding hydrogens is 223 g/mol. The first-order chi connectivity index (χ1) is 5.70. The van der Waals surface area contributed by atoms with E-state index in [4.69, 9.17) is 0 Å². The van der Waals surface area contributed by atoms with Crippen molar-refractivity contribution in [1.29, 1.82) is 0 Å². The summed E-state index contributed by atoms with van der Waals surface area (Å²) in [6.07, 6.45) is 0. The van der Waals surface area contributed by atoms with Crippen LogP contribution in [0.25, 0.3) is 10.9 Å². The van der Waals surface area contributed by atoms with E-state index in [-0.39, 0.29) is 5.82 Å². The highest BCUT2D eigenvalue weighted by molar-refractivity contribution is 9.08. The van der Waals surface area contributed by atoms with E-state index >= 15 is 0 Å². The molecule has 2 nitrogen and oxygen atoms in total. The molecule has 0 fully saturated rings. The Hall–Kier alpha value is -0.900. The molecule has 0 aliphatic heterocycles. The van der Waals surface area contributed by atoms with Gasteiger partial charge in [-0.2, -0.15) is 8.81 Å². The SMILES string of the molecule is Cc1nn(Br)c2cccc(F)c12. The van der Waals surface area contributed by atoms with Gasteiger partial charge in [0.25, 0.3) is 0 Å². The first kappa shape index (κ1) is 7.73. The average Bonchev–Trinajstić information content (AvgIpc) is 2.29. The highest BCUT2D eigenvalue weighted by Gasteiger charge is 2.08. The van der Waals surface area contributed by atoms with Crippen LogP contribution in [-0.4, -0.2) is 8.81 Å². The van der Waals surface area contributed by atoms with Crippen LogP contribution in [0.3, 0.4) is 0 Å². The number of rotatable bonds is 0. The number of nitrogens with zero attached hydrogens (tertiary/aromatic N) is 2. The third-order valence-electron chi connectivity index (χ3n) is 1.79. The molecule has 4 heteroatoms. The van der Waals surface area contributed by atoms with Crippen molar-refractivity contribution in [3.63, 3.8) is 0 Å². The highest BCUT2D eigenvalue weighted by atomic mass is 79.9. The largest absolute Gasteiger partial charge is 0.206 e. The van der Waals surface area contributed by atoms with Crippen LogP contribution in [0.4, 0.5) is 4.39 Å². The van der Waals surface area contributed by atoms with E-state index in [2.05, 4.69) is 21.2 Å². The van der Waals surface area contributed by atoms with Gasteiger partial charge in [-0.15, -0.1) is 0 Å². The first-order valence-electron chi connectivity index (χ1n) is 3.50. The Balaban J connectivity index is 2.99. The Morgan fingerprint density at radius 1 is 1.50 bits per heavy atom. The molecule has 12 heavy (non-hydrogen) atoms. The van der Waals surface area contributed by atoms with Crippen molar-refractivity contribution in [2.45, 2.75) is 6.92 Å². The molecule has 0 aliphatic rings. The molecule has 0 bridgehead atoms. The molecule has 62 valence electrons. The monoisotopic (exact) mass is 228 g/mol. The minimum atomic E-state index is -0.226. The number of aryl methyl sites for hydroxylation is 1. The van der Waals surface area contributed by atoms with Gasteiger partial charge >= 0.3 is 0 Å². The maximum atomic E-state index is 13.2. The zero-order chi connectivity index (χ0) is 8.72. The zero-order valence-corrected chi connectivity index (χ0v) is 7.97. The lowest BCUT2D eigenvalue weighted by Gasteiger charge is -1.91. The molecule has 0 saturated carbocycles. The second-order valence-corrected chi connectivity index (χ2v) is 3.25. The fourth-order valence-electron chi connectivity index (χ4n) is 1.26. The van der Waals surface area contributed by atoms with E-state index < -0.39 is 0 Å². The molecule has 1 aromatic carbocycles. The van der Waals surface area contributed by atoms with Gasteiger partial charge in [-0.05, 0) is 19.1 Å². The normalized spacial score (nSPS) is 10.9. The van der Waals surface area contributed by atoms with Crippen LogP contribution in [0.5, 0.6) is 0 Å². The molecule has 2 aromatic rings. The molecule has 0 saturated heterocycles. The van der Waals surface area contributed by atoms with E-state index in [0.29, 0.717) is 11.1 Å². The van der Waals surface area contributed by atoms with Crippen molar-refractivity contribution >= 4 is 27.1 Å². The first-order valence-corrected chi connectivity index (χ1v) is 4.21. The lowest BCUT2D eigenvalue weighted by Crippen LogP contribution is -1.79. The summed E-state index contributed by atoms with van der Waals surface area (Å²) >= 11 is 3.19. The average molecular weight is 229 g/mol. The van der Waals surface area contributed by atoms with Gasteiger partial charge in [0.15, 0.2) is 0 Å². The summed E-state index contributed by atoms with van der Waals surface area (Å²) < 4.78 is 14.7. The summed E-state index contributed by atoms with van der Waals surface area (Å²) in [5.41, 5.74) is 1.45. The predicted octanol–water partition coefficient (Wildman–Crippen LogP) is 2.64. The van der Waals surface area contributed by atoms with Crippen LogP contribution in [0, 0.1) is 12.7 Å². The molecular formula is C8H6BrFN2. The summed E-state index contributed by atoms with van der Waals surface area (Å²) in [6.45, 7) is 1.78. The zero-order valence-electron chi connectivity index (χ0n) is 6.38. The van der Waals surface area contributed by atoms with Crippen LogP contribution in [0.2, 0.25) is 0 Å². The van der Waals surface area contributed by atoms with Crippen molar-refractivity contribution in [3.8, 4) is 0 Å². The Morgan fingerprint density at radius 2 is 2.25 bits per heavy atom. The molecule has 1 heterocycles. The second-order valence-electron chi connectivity index (χ2n) is 2.58. The smallest absolute Gasteiger partial charge is 0.134 e. The van der Waals surface area contributed by atoms with E-state index in [1.807, 2.05) is 6.07 Å². The van der Waals surface area contributed by atoms with Crippen LogP contribution >= 0.6 is 16.1 Å². The van der Waals surface area contributed by atoms with Crippen LogP contribution in [0.1, 0.15) is 5.69 Å². The number of fused-ring (bicyclic) bond motifs is 1. The summed E-state index contributed by atoms with van der Waals surface area (Å²) in [6, 6.07) is 4.91. The van der Waals surface area contributed by atoms with E-state index in [1.165, 1.54) is 9.77 Å². The maximum Gasteiger partial charge on any atom is 0.134 e. The predicted molar refractivity (Wildman–Crippen MR) is 48.8 cm³/mol. The maximum absolute atomic E-state index is 13.2. The lowest BCUT2D eigenvalue weighted by atomic mass is 10.2. The third-order valence-corrected chi connectivity index (χ3v) is 2.33. The molecule has 2 rings (SSSR count). The topological polar surface area (TPSA) is 17.8 Å². The van der Waals surface area contributed by atoms with Gasteiger partial charge in [0.05, 0.1) is 32.7 Å². The molecule has 1 aromatic heterocycles. The van der Waals surface area contributed by atoms with Crippen LogP contribution < -0.4 is 0 Å². The van der Waals surface area contributed by atoms with Gasteiger partial charge in [0, 0.05) is 0 Å². The van der Waals surface area contributed by atoms with Crippen molar-refractivity contribution < 1.29 is 4.39 Å². The Kier molecular flexibility index (Phi) is 1.65. The van der Waals surface area contributed by atoms with Crippen molar-refractivity contribution in [2.75, 3.05) is 0 Å². The van der Waals surface area contributed by atoms with E-state index in [9.17, 15) is 4.39 Å². The van der Waals surface area contributed by atoms with Crippen LogP contribution in [-0.2, 0) is 0 Å². The Bertz CT molecular complexity index is 436. The van der Waals surface area contributed by atoms with Gasteiger partial charge in [0.2, 0.25) is 0 Å². The number of hydrogen-bond acceptors (Lipinski definition) is 1. The number of hydrogen-bond donors (Lipinski definition) is 0. The molecule has 0 amide bonds. The fraction of sp³-hybridized carbons (Fsp3) is 0.125. The molecule has 0 aliphatic carbocycles. The van der Waals surface area contributed by atoms with Crippen LogP contribution in [0.15, 0.2) is 18.2 Å². The number of aromatic nitrogens is 2. The van der Waals surface area contributed by atoms with Gasteiger partial charge in [-0.25, -0.2) is 4.39 Å². The highest BCUT2D eigenvalue weighted by Crippen LogP contribution is 2.21. The van der Waals surface area contributed by atoms with Crippen molar-refractivity contribution in [3.05, 3.63) is 29.7 Å². The molecule has 0 atom stereocenters. The molecule has 0 radical (unpaired) electrons. The number of benzene rings is 1. The molecule has 0 unspecified atom stereocenters. The minimum absolute atomic E-state index is 0.226. The quantitative estimate of drug-likeness (QED) is 0.678. The van der Waals surface area contributed by atoms with Crippen molar-refractivity contribution in [1.82, 2.24) is 8.81 Å². The Morgan fingerprint density at radius 3 is 2.92 bits per heavy atom. The standard InChI is InChI=1S/C8H6BrFN2/c1-5-8-6(10)3-2-4-7(8)12(9)11-5/h2-4H,1H3. The van der Waals surface area contributed by atoms with Gasteiger partial charge in [-0.3, -0.25) is 0 Å². The fourth-order valence-corrected chi connectivity index (χ4v) is 1.79. The summed E-state index contributed by atoms with van der Waals surface area (Å²) in [5, 5.41) is 4.62.